The minimum absolute atomic E-state index is 0.190. The van der Waals surface area contributed by atoms with Crippen LogP contribution in [0.25, 0.3) is 0 Å². The molecule has 6 nitrogen and oxygen atoms in total. The van der Waals surface area contributed by atoms with E-state index in [4.69, 9.17) is 9.26 Å². The lowest BCUT2D eigenvalue weighted by Crippen LogP contribution is -2.29. The minimum Gasteiger partial charge on any atom is -0.520 e. The van der Waals surface area contributed by atoms with Crippen molar-refractivity contribution < 1.29 is 18.9 Å². The summed E-state index contributed by atoms with van der Waals surface area (Å²) in [6.07, 6.45) is 1.31. The molecule has 0 fully saturated rings. The first-order chi connectivity index (χ1) is 8.78. The monoisotopic (exact) mass is 288 g/mol. The zero-order chi connectivity index (χ0) is 14.9. The predicted octanol–water partition coefficient (Wildman–Crippen LogP) is 2.56. The van der Waals surface area contributed by atoms with Crippen LogP contribution in [0.2, 0.25) is 19.6 Å². The van der Waals surface area contributed by atoms with E-state index >= 15 is 0 Å². The molecule has 110 valence electrons. The van der Waals surface area contributed by atoms with Gasteiger partial charge in [0.25, 0.3) is 5.97 Å². The molecule has 7 heteroatoms. The Morgan fingerprint density at radius 1 is 1.05 bits per heavy atom. The van der Waals surface area contributed by atoms with E-state index in [1.54, 1.807) is 0 Å². The van der Waals surface area contributed by atoms with Crippen molar-refractivity contribution in [1.82, 2.24) is 0 Å². The SMILES string of the molecule is CO/N=C(\C)C/C(CCC(=O)O[Si](C)(C)C)=N/OC. The number of hydrogen-bond donors (Lipinski definition) is 0. The van der Waals surface area contributed by atoms with Gasteiger partial charge in [0.05, 0.1) is 11.4 Å². The summed E-state index contributed by atoms with van der Waals surface area (Å²) in [5, 5.41) is 7.70. The summed E-state index contributed by atoms with van der Waals surface area (Å²) in [6.45, 7) is 7.76. The molecule has 0 radical (unpaired) electrons. The first kappa shape index (κ1) is 17.6. The largest absolute Gasteiger partial charge is 0.520 e. The molecule has 0 aromatic rings. The van der Waals surface area contributed by atoms with Crippen molar-refractivity contribution in [2.45, 2.75) is 45.8 Å². The third-order valence-electron chi connectivity index (χ3n) is 1.97. The molecule has 19 heavy (non-hydrogen) atoms. The summed E-state index contributed by atoms with van der Waals surface area (Å²) in [6, 6.07) is 0. The maximum absolute atomic E-state index is 11.6. The van der Waals surface area contributed by atoms with Crippen LogP contribution in [0.4, 0.5) is 0 Å². The Hall–Kier alpha value is -1.37. The number of hydrogen-bond acceptors (Lipinski definition) is 6. The van der Waals surface area contributed by atoms with Gasteiger partial charge in [-0.05, 0) is 33.0 Å². The fraction of sp³-hybridized carbons (Fsp3) is 0.750. The average Bonchev–Trinajstić information content (AvgIpc) is 2.24. The van der Waals surface area contributed by atoms with Crippen LogP contribution in [0.5, 0.6) is 0 Å². The lowest BCUT2D eigenvalue weighted by molar-refractivity contribution is -0.134. The summed E-state index contributed by atoms with van der Waals surface area (Å²) in [7, 11) is 1.14. The third-order valence-corrected chi connectivity index (χ3v) is 2.81. The van der Waals surface area contributed by atoms with E-state index < -0.39 is 8.32 Å². The van der Waals surface area contributed by atoms with Gasteiger partial charge in [-0.15, -0.1) is 0 Å². The zero-order valence-corrected chi connectivity index (χ0v) is 13.6. The number of rotatable bonds is 8. The van der Waals surface area contributed by atoms with Crippen LogP contribution < -0.4 is 0 Å². The zero-order valence-electron chi connectivity index (χ0n) is 12.6. The van der Waals surface area contributed by atoms with Crippen molar-refractivity contribution in [3.63, 3.8) is 0 Å². The second kappa shape index (κ2) is 8.68. The van der Waals surface area contributed by atoms with Crippen LogP contribution in [0.15, 0.2) is 10.3 Å². The van der Waals surface area contributed by atoms with Gasteiger partial charge in [-0.1, -0.05) is 10.3 Å². The molecule has 0 spiro atoms. The first-order valence-corrected chi connectivity index (χ1v) is 9.56. The van der Waals surface area contributed by atoms with Crippen molar-refractivity contribution in [1.29, 1.82) is 0 Å². The Balaban J connectivity index is 4.34. The maximum atomic E-state index is 11.6. The van der Waals surface area contributed by atoms with Crippen LogP contribution in [0.1, 0.15) is 26.2 Å². The van der Waals surface area contributed by atoms with Gasteiger partial charge in [-0.3, -0.25) is 4.79 Å². The summed E-state index contributed by atoms with van der Waals surface area (Å²) in [5.41, 5.74) is 1.52. The highest BCUT2D eigenvalue weighted by atomic mass is 28.4. The molecule has 0 aliphatic carbocycles. The van der Waals surface area contributed by atoms with Crippen molar-refractivity contribution >= 4 is 25.7 Å². The van der Waals surface area contributed by atoms with Crippen LogP contribution in [0, 0.1) is 0 Å². The normalized spacial score (nSPS) is 13.2. The third kappa shape index (κ3) is 10.3. The topological polar surface area (TPSA) is 69.5 Å². The average molecular weight is 288 g/mol. The lowest BCUT2D eigenvalue weighted by atomic mass is 10.1. The molecule has 0 aliphatic heterocycles. The Kier molecular flexibility index (Phi) is 8.05. The molecular weight excluding hydrogens is 264 g/mol. The van der Waals surface area contributed by atoms with E-state index in [1.807, 2.05) is 26.6 Å². The maximum Gasteiger partial charge on any atom is 0.292 e. The highest BCUT2D eigenvalue weighted by Crippen LogP contribution is 2.08. The van der Waals surface area contributed by atoms with Gasteiger partial charge in [0, 0.05) is 12.8 Å². The van der Waals surface area contributed by atoms with E-state index in [0.717, 1.165) is 11.4 Å². The highest BCUT2D eigenvalue weighted by molar-refractivity contribution is 6.71. The molecule has 0 saturated carbocycles. The van der Waals surface area contributed by atoms with Crippen LogP contribution >= 0.6 is 0 Å². The Bertz CT molecular complexity index is 348. The summed E-state index contributed by atoms with van der Waals surface area (Å²) in [5.74, 6) is -0.190. The van der Waals surface area contributed by atoms with Gasteiger partial charge in [-0.2, -0.15) is 0 Å². The summed E-state index contributed by atoms with van der Waals surface area (Å²) >= 11 is 0. The predicted molar refractivity (Wildman–Crippen MR) is 77.9 cm³/mol. The van der Waals surface area contributed by atoms with Crippen LogP contribution in [-0.2, 0) is 18.9 Å². The second-order valence-corrected chi connectivity index (χ2v) is 9.54. The fourth-order valence-corrected chi connectivity index (χ4v) is 2.20. The van der Waals surface area contributed by atoms with E-state index in [9.17, 15) is 4.79 Å². The van der Waals surface area contributed by atoms with Gasteiger partial charge in [-0.25, -0.2) is 0 Å². The molecule has 0 aromatic heterocycles. The van der Waals surface area contributed by atoms with Gasteiger partial charge < -0.3 is 14.1 Å². The minimum atomic E-state index is -1.82. The number of carbonyl (C=O) groups is 1. The molecule has 0 rings (SSSR count). The quantitative estimate of drug-likeness (QED) is 0.391. The van der Waals surface area contributed by atoms with E-state index in [0.29, 0.717) is 19.3 Å². The number of nitrogens with zero attached hydrogens (tertiary/aromatic N) is 2. The molecule has 0 amide bonds. The smallest absolute Gasteiger partial charge is 0.292 e. The fourth-order valence-electron chi connectivity index (χ4n) is 1.42. The van der Waals surface area contributed by atoms with E-state index in [1.165, 1.54) is 14.2 Å². The molecule has 0 bridgehead atoms. The molecule has 0 heterocycles. The van der Waals surface area contributed by atoms with Crippen LogP contribution in [0.3, 0.4) is 0 Å². The van der Waals surface area contributed by atoms with Gasteiger partial charge in [0.15, 0.2) is 0 Å². The van der Waals surface area contributed by atoms with Crippen LogP contribution in [-0.4, -0.2) is 39.9 Å². The molecule has 0 unspecified atom stereocenters. The lowest BCUT2D eigenvalue weighted by Gasteiger charge is -2.17. The molecular formula is C12H24N2O4Si. The first-order valence-electron chi connectivity index (χ1n) is 6.16. The standard InChI is InChI=1S/C12H24N2O4Si/c1-10(13-16-2)9-11(14-17-3)7-8-12(15)18-19(4,5)6/h7-9H2,1-6H3/b13-10+,14-11+. The second-order valence-electron chi connectivity index (χ2n) is 5.11. The van der Waals surface area contributed by atoms with Crippen molar-refractivity contribution in [3.05, 3.63) is 0 Å². The Morgan fingerprint density at radius 3 is 2.11 bits per heavy atom. The van der Waals surface area contributed by atoms with E-state index in [-0.39, 0.29) is 5.97 Å². The van der Waals surface area contributed by atoms with Crippen molar-refractivity contribution in [3.8, 4) is 0 Å². The van der Waals surface area contributed by atoms with Gasteiger partial charge in [0.2, 0.25) is 8.32 Å². The molecule has 0 N–H and O–H groups in total. The van der Waals surface area contributed by atoms with Gasteiger partial charge in [0.1, 0.15) is 14.2 Å². The summed E-state index contributed by atoms with van der Waals surface area (Å²) in [4.78, 5) is 21.1. The number of oxime groups is 2. The molecule has 0 aromatic carbocycles. The highest BCUT2D eigenvalue weighted by Gasteiger charge is 2.20. The molecule has 0 saturated heterocycles. The summed E-state index contributed by atoms with van der Waals surface area (Å²) < 4.78 is 5.37. The molecule has 0 atom stereocenters. The number of carbonyl (C=O) groups excluding carboxylic acids is 1. The Labute approximate surface area is 115 Å². The van der Waals surface area contributed by atoms with Crippen molar-refractivity contribution in [2.24, 2.45) is 10.3 Å². The van der Waals surface area contributed by atoms with Gasteiger partial charge >= 0.3 is 0 Å². The Morgan fingerprint density at radius 2 is 1.63 bits per heavy atom. The van der Waals surface area contributed by atoms with E-state index in [2.05, 4.69) is 15.1 Å². The molecule has 0 aliphatic rings. The van der Waals surface area contributed by atoms with Crippen molar-refractivity contribution in [2.75, 3.05) is 14.2 Å².